The fraction of sp³-hybridized carbons (Fsp3) is 0.214. The molecule has 2 atom stereocenters. The van der Waals surface area contributed by atoms with Crippen LogP contribution in [0.3, 0.4) is 0 Å². The Morgan fingerprint density at radius 1 is 1.03 bits per heavy atom. The number of nitro groups is 1. The molecule has 1 aliphatic rings. The van der Waals surface area contributed by atoms with Crippen LogP contribution in [0.1, 0.15) is 34.7 Å². The number of pyridine rings is 1. The Morgan fingerprint density at radius 3 is 2.42 bits per heavy atom. The van der Waals surface area contributed by atoms with E-state index in [1.165, 1.54) is 12.1 Å². The van der Waals surface area contributed by atoms with Crippen LogP contribution in [0, 0.1) is 24.0 Å². The van der Waals surface area contributed by atoms with Gasteiger partial charge in [0.1, 0.15) is 11.5 Å². The lowest BCUT2D eigenvalue weighted by Crippen LogP contribution is -2.29. The van der Waals surface area contributed by atoms with E-state index < -0.39 is 4.92 Å². The molecule has 2 aromatic carbocycles. The summed E-state index contributed by atoms with van der Waals surface area (Å²) >= 11 is 5.85. The summed E-state index contributed by atoms with van der Waals surface area (Å²) in [7, 11) is 3.19. The van der Waals surface area contributed by atoms with Crippen LogP contribution in [-0.4, -0.2) is 33.8 Å². The maximum atomic E-state index is 11.6. The van der Waals surface area contributed by atoms with Crippen molar-refractivity contribution >= 4 is 28.7 Å². The van der Waals surface area contributed by atoms with Crippen molar-refractivity contribution in [2.75, 3.05) is 19.1 Å². The van der Waals surface area contributed by atoms with Gasteiger partial charge < -0.3 is 24.3 Å². The molecule has 0 amide bonds. The van der Waals surface area contributed by atoms with Crippen LogP contribution in [0.2, 0.25) is 0 Å². The van der Waals surface area contributed by atoms with E-state index >= 15 is 0 Å². The van der Waals surface area contributed by atoms with Crippen LogP contribution in [0.5, 0.6) is 11.5 Å². The standard InChI is InChI=1S/C28H27N5O4S/c1-17-15-22(18(2)31(17)24-16-20(33(34)35)10-13-25(24)37-4)27-26(23-7-5-6-14-29-23)30-28(38)32(27)19-8-11-21(36-3)12-9-19/h5-16,26-27H,1-4H3,(H,30,38). The van der Waals surface area contributed by atoms with Crippen LogP contribution in [0.4, 0.5) is 11.4 Å². The van der Waals surface area contributed by atoms with Crippen molar-refractivity contribution < 1.29 is 14.4 Å². The molecule has 0 radical (unpaired) electrons. The maximum Gasteiger partial charge on any atom is 0.271 e. The number of benzene rings is 2. The molecule has 194 valence electrons. The van der Waals surface area contributed by atoms with E-state index in [4.69, 9.17) is 21.7 Å². The lowest BCUT2D eigenvalue weighted by Gasteiger charge is -2.28. The highest BCUT2D eigenvalue weighted by molar-refractivity contribution is 7.80. The molecule has 4 aromatic rings. The minimum absolute atomic E-state index is 0.00946. The molecular formula is C28H27N5O4S. The average Bonchev–Trinajstić information content (AvgIpc) is 3.43. The topological polar surface area (TPSA) is 94.7 Å². The van der Waals surface area contributed by atoms with Crippen LogP contribution in [0.25, 0.3) is 5.69 Å². The Kier molecular flexibility index (Phi) is 6.73. The van der Waals surface area contributed by atoms with Crippen molar-refractivity contribution in [3.05, 3.63) is 106 Å². The summed E-state index contributed by atoms with van der Waals surface area (Å²) in [4.78, 5) is 17.9. The Bertz CT molecular complexity index is 1500. The SMILES string of the molecule is COc1ccc(N2C(=S)NC(c3ccccn3)C2c2cc(C)n(-c3cc([N+](=O)[O-])ccc3OC)c2C)cc1. The first-order valence-corrected chi connectivity index (χ1v) is 12.4. The zero-order valence-corrected chi connectivity index (χ0v) is 22.2. The molecule has 0 spiro atoms. The highest BCUT2D eigenvalue weighted by Gasteiger charge is 2.42. The summed E-state index contributed by atoms with van der Waals surface area (Å²) < 4.78 is 12.9. The predicted molar refractivity (Wildman–Crippen MR) is 149 cm³/mol. The number of anilines is 1. The Labute approximate surface area is 225 Å². The number of aromatic nitrogens is 2. The number of nitro benzene ring substituents is 1. The van der Waals surface area contributed by atoms with Crippen LogP contribution >= 0.6 is 12.2 Å². The van der Waals surface area contributed by atoms with Crippen molar-refractivity contribution in [3.63, 3.8) is 0 Å². The molecule has 0 saturated carbocycles. The third-order valence-electron chi connectivity index (χ3n) is 6.85. The number of aryl methyl sites for hydroxylation is 1. The molecule has 2 aromatic heterocycles. The molecule has 5 rings (SSSR count). The third-order valence-corrected chi connectivity index (χ3v) is 7.17. The molecule has 1 fully saturated rings. The summed E-state index contributed by atoms with van der Waals surface area (Å²) in [6.45, 7) is 3.98. The molecular weight excluding hydrogens is 502 g/mol. The van der Waals surface area contributed by atoms with E-state index in [0.717, 1.165) is 34.1 Å². The molecule has 1 aliphatic heterocycles. The molecule has 0 aliphatic carbocycles. The van der Waals surface area contributed by atoms with E-state index in [2.05, 4.69) is 21.3 Å². The zero-order chi connectivity index (χ0) is 27.0. The van der Waals surface area contributed by atoms with Crippen molar-refractivity contribution in [1.82, 2.24) is 14.9 Å². The summed E-state index contributed by atoms with van der Waals surface area (Å²) in [6, 6.07) is 19.8. The van der Waals surface area contributed by atoms with E-state index in [0.29, 0.717) is 16.5 Å². The van der Waals surface area contributed by atoms with E-state index in [1.807, 2.05) is 60.9 Å². The number of hydrogen-bond acceptors (Lipinski definition) is 6. The Balaban J connectivity index is 1.69. The number of non-ortho nitro benzene ring substituents is 1. The van der Waals surface area contributed by atoms with Gasteiger partial charge >= 0.3 is 0 Å². The molecule has 3 heterocycles. The van der Waals surface area contributed by atoms with Gasteiger partial charge in [0.25, 0.3) is 5.69 Å². The summed E-state index contributed by atoms with van der Waals surface area (Å²) in [6.07, 6.45) is 1.77. The monoisotopic (exact) mass is 529 g/mol. The van der Waals surface area contributed by atoms with Crippen molar-refractivity contribution in [3.8, 4) is 17.2 Å². The second-order valence-corrected chi connectivity index (χ2v) is 9.36. The summed E-state index contributed by atoms with van der Waals surface area (Å²) in [5, 5.41) is 15.6. The summed E-state index contributed by atoms with van der Waals surface area (Å²) in [5.74, 6) is 1.29. The van der Waals surface area contributed by atoms with Gasteiger partial charge in [-0.15, -0.1) is 0 Å². The minimum atomic E-state index is -0.403. The first-order valence-electron chi connectivity index (χ1n) is 12.0. The Morgan fingerprint density at radius 2 is 1.79 bits per heavy atom. The second kappa shape index (κ2) is 10.1. The van der Waals surface area contributed by atoms with E-state index in [9.17, 15) is 10.1 Å². The van der Waals surface area contributed by atoms with Crippen LogP contribution in [-0.2, 0) is 0 Å². The summed E-state index contributed by atoms with van der Waals surface area (Å²) in [5.41, 5.74) is 5.18. The van der Waals surface area contributed by atoms with Gasteiger partial charge in [0.2, 0.25) is 0 Å². The highest BCUT2D eigenvalue weighted by atomic mass is 32.1. The molecule has 1 N–H and O–H groups in total. The van der Waals surface area contributed by atoms with Crippen molar-refractivity contribution in [2.24, 2.45) is 0 Å². The number of nitrogens with zero attached hydrogens (tertiary/aromatic N) is 4. The fourth-order valence-corrected chi connectivity index (χ4v) is 5.46. The smallest absolute Gasteiger partial charge is 0.271 e. The van der Waals surface area contributed by atoms with E-state index in [1.54, 1.807) is 26.5 Å². The number of thiocarbonyl (C=S) groups is 1. The van der Waals surface area contributed by atoms with Crippen LogP contribution in [0.15, 0.2) is 72.9 Å². The van der Waals surface area contributed by atoms with Gasteiger partial charge in [0, 0.05) is 35.4 Å². The largest absolute Gasteiger partial charge is 0.497 e. The normalized spacial score (nSPS) is 16.8. The molecule has 1 saturated heterocycles. The molecule has 2 unspecified atom stereocenters. The van der Waals surface area contributed by atoms with Crippen molar-refractivity contribution in [2.45, 2.75) is 25.9 Å². The van der Waals surface area contributed by atoms with Gasteiger partial charge in [-0.3, -0.25) is 15.1 Å². The second-order valence-electron chi connectivity index (χ2n) is 8.97. The van der Waals surface area contributed by atoms with Gasteiger partial charge in [-0.1, -0.05) is 6.07 Å². The number of rotatable bonds is 7. The predicted octanol–water partition coefficient (Wildman–Crippen LogP) is 5.59. The number of methoxy groups -OCH3 is 2. The van der Waals surface area contributed by atoms with Gasteiger partial charge in [-0.25, -0.2) is 0 Å². The van der Waals surface area contributed by atoms with Crippen molar-refractivity contribution in [1.29, 1.82) is 0 Å². The minimum Gasteiger partial charge on any atom is -0.497 e. The highest BCUT2D eigenvalue weighted by Crippen LogP contribution is 2.44. The Hall–Kier alpha value is -4.44. The lowest BCUT2D eigenvalue weighted by atomic mass is 9.96. The fourth-order valence-electron chi connectivity index (χ4n) is 5.12. The van der Waals surface area contributed by atoms with Gasteiger partial charge in [0.05, 0.1) is 42.6 Å². The van der Waals surface area contributed by atoms with Gasteiger partial charge in [-0.05, 0) is 80.2 Å². The quantitative estimate of drug-likeness (QED) is 0.188. The number of nitrogens with one attached hydrogen (secondary N) is 1. The van der Waals surface area contributed by atoms with Crippen LogP contribution < -0.4 is 19.7 Å². The molecule has 10 heteroatoms. The molecule has 0 bridgehead atoms. The number of ether oxygens (including phenoxy) is 2. The van der Waals surface area contributed by atoms with E-state index in [-0.39, 0.29) is 17.8 Å². The maximum absolute atomic E-state index is 11.6. The molecule has 9 nitrogen and oxygen atoms in total. The number of hydrogen-bond donors (Lipinski definition) is 1. The first-order chi connectivity index (χ1) is 18.3. The van der Waals surface area contributed by atoms with Gasteiger partial charge in [0.15, 0.2) is 5.11 Å². The first kappa shape index (κ1) is 25.2. The van der Waals surface area contributed by atoms with Gasteiger partial charge in [-0.2, -0.15) is 0 Å². The zero-order valence-electron chi connectivity index (χ0n) is 21.4. The molecule has 38 heavy (non-hydrogen) atoms. The lowest BCUT2D eigenvalue weighted by molar-refractivity contribution is -0.384. The average molecular weight is 530 g/mol. The third kappa shape index (κ3) is 4.32.